The molecule has 0 aliphatic carbocycles. The zero-order chi connectivity index (χ0) is 9.40. The van der Waals surface area contributed by atoms with Gasteiger partial charge in [0, 0.05) is 7.11 Å². The van der Waals surface area contributed by atoms with Crippen LogP contribution in [0.5, 0.6) is 0 Å². The van der Waals surface area contributed by atoms with Crippen molar-refractivity contribution in [1.29, 1.82) is 0 Å². The van der Waals surface area contributed by atoms with Gasteiger partial charge in [-0.3, -0.25) is 0 Å². The lowest BCUT2D eigenvalue weighted by Crippen LogP contribution is -2.01. The average Bonchev–Trinajstić information content (AvgIpc) is 2.11. The number of hydrogen-bond donors (Lipinski definition) is 0. The summed E-state index contributed by atoms with van der Waals surface area (Å²) in [5, 5.41) is 0. The van der Waals surface area contributed by atoms with E-state index in [2.05, 4.69) is 29.1 Å². The zero-order valence-corrected chi connectivity index (χ0v) is 8.76. The number of ether oxygens (including phenoxy) is 2. The van der Waals surface area contributed by atoms with Crippen LogP contribution in [0.2, 0.25) is 0 Å². The highest BCUT2D eigenvalue weighted by Gasteiger charge is 1.96. The molecule has 0 bridgehead atoms. The molecular formula is C9H13BrO2. The van der Waals surface area contributed by atoms with E-state index in [1.807, 2.05) is 0 Å². The highest BCUT2D eigenvalue weighted by molar-refractivity contribution is 9.11. The molecule has 3 heteroatoms. The van der Waals surface area contributed by atoms with Gasteiger partial charge < -0.3 is 9.47 Å². The van der Waals surface area contributed by atoms with Gasteiger partial charge in [-0.25, -0.2) is 0 Å². The Bertz CT molecular complexity index is 185. The minimum Gasteiger partial charge on any atom is -0.490 e. The molecule has 2 nitrogen and oxygen atoms in total. The summed E-state index contributed by atoms with van der Waals surface area (Å²) in [7, 11) is 1.63. The Morgan fingerprint density at radius 3 is 2.42 bits per heavy atom. The minimum atomic E-state index is 0.515. The van der Waals surface area contributed by atoms with Crippen LogP contribution < -0.4 is 0 Å². The maximum atomic E-state index is 5.30. The largest absolute Gasteiger partial charge is 0.490 e. The topological polar surface area (TPSA) is 18.5 Å². The normalized spacial score (nSPS) is 11.8. The summed E-state index contributed by atoms with van der Waals surface area (Å²) < 4.78 is 10.9. The summed E-state index contributed by atoms with van der Waals surface area (Å²) in [6.45, 7) is 8.28. The standard InChI is InChI=1S/C9H13BrO2/c1-4-8(10)9(5-2)12-7-6-11-3/h4-5H,1-2,6-7H2,3H3/b9-8-. The summed E-state index contributed by atoms with van der Waals surface area (Å²) in [4.78, 5) is 0. The van der Waals surface area contributed by atoms with E-state index >= 15 is 0 Å². The first-order chi connectivity index (χ1) is 5.76. The van der Waals surface area contributed by atoms with Gasteiger partial charge in [-0.05, 0) is 22.0 Å². The molecule has 0 unspecified atom stereocenters. The van der Waals surface area contributed by atoms with Crippen LogP contribution in [0.15, 0.2) is 35.6 Å². The third-order valence-electron chi connectivity index (χ3n) is 1.15. The van der Waals surface area contributed by atoms with E-state index < -0.39 is 0 Å². The number of rotatable bonds is 6. The minimum absolute atomic E-state index is 0.515. The van der Waals surface area contributed by atoms with Crippen molar-refractivity contribution in [3.63, 3.8) is 0 Å². The van der Waals surface area contributed by atoms with Gasteiger partial charge in [0.05, 0.1) is 11.1 Å². The summed E-state index contributed by atoms with van der Waals surface area (Å²) in [5.74, 6) is 0.682. The molecule has 0 amide bonds. The first kappa shape index (κ1) is 11.5. The van der Waals surface area contributed by atoms with Crippen LogP contribution in [0.25, 0.3) is 0 Å². The lowest BCUT2D eigenvalue weighted by molar-refractivity contribution is 0.114. The fraction of sp³-hybridized carbons (Fsp3) is 0.333. The monoisotopic (exact) mass is 232 g/mol. The molecule has 0 aromatic rings. The Kier molecular flexibility index (Phi) is 6.81. The third kappa shape index (κ3) is 4.36. The predicted octanol–water partition coefficient (Wildman–Crippen LogP) is 2.63. The highest BCUT2D eigenvalue weighted by atomic mass is 79.9. The summed E-state index contributed by atoms with van der Waals surface area (Å²) >= 11 is 3.28. The van der Waals surface area contributed by atoms with Crippen molar-refractivity contribution in [3.8, 4) is 0 Å². The second-order valence-corrected chi connectivity index (χ2v) is 2.82. The molecule has 0 saturated heterocycles. The number of hydrogen-bond acceptors (Lipinski definition) is 2. The first-order valence-electron chi connectivity index (χ1n) is 3.52. The molecule has 12 heavy (non-hydrogen) atoms. The van der Waals surface area contributed by atoms with Crippen LogP contribution in [0.3, 0.4) is 0 Å². The summed E-state index contributed by atoms with van der Waals surface area (Å²) in [6, 6.07) is 0. The molecule has 0 spiro atoms. The SMILES string of the molecule is C=C/C(Br)=C(\C=C)OCCOC. The molecule has 0 rings (SSSR count). The second-order valence-electron chi connectivity index (χ2n) is 1.96. The van der Waals surface area contributed by atoms with Gasteiger partial charge in [0.2, 0.25) is 0 Å². The fourth-order valence-electron chi connectivity index (χ4n) is 0.561. The molecule has 0 aliphatic heterocycles. The van der Waals surface area contributed by atoms with Gasteiger partial charge >= 0.3 is 0 Å². The summed E-state index contributed by atoms with van der Waals surface area (Å²) in [5.41, 5.74) is 0. The van der Waals surface area contributed by atoms with Crippen molar-refractivity contribution in [2.24, 2.45) is 0 Å². The molecule has 0 atom stereocenters. The first-order valence-corrected chi connectivity index (χ1v) is 4.32. The van der Waals surface area contributed by atoms with Gasteiger partial charge in [-0.2, -0.15) is 0 Å². The lowest BCUT2D eigenvalue weighted by atomic mass is 10.4. The molecule has 0 aromatic carbocycles. The number of methoxy groups -OCH3 is 1. The fourth-order valence-corrected chi connectivity index (χ4v) is 0.837. The van der Waals surface area contributed by atoms with Crippen LogP contribution in [-0.4, -0.2) is 20.3 Å². The quantitative estimate of drug-likeness (QED) is 0.399. The van der Waals surface area contributed by atoms with E-state index in [0.717, 1.165) is 4.48 Å². The Morgan fingerprint density at radius 1 is 1.33 bits per heavy atom. The van der Waals surface area contributed by atoms with Crippen LogP contribution in [0.4, 0.5) is 0 Å². The smallest absolute Gasteiger partial charge is 0.132 e. The van der Waals surface area contributed by atoms with Crippen molar-refractivity contribution >= 4 is 15.9 Å². The van der Waals surface area contributed by atoms with Crippen LogP contribution in [0, 0.1) is 0 Å². The van der Waals surface area contributed by atoms with Crippen molar-refractivity contribution in [1.82, 2.24) is 0 Å². The summed E-state index contributed by atoms with van der Waals surface area (Å²) in [6.07, 6.45) is 3.28. The molecule has 0 radical (unpaired) electrons. The molecule has 0 saturated carbocycles. The van der Waals surface area contributed by atoms with E-state index in [1.165, 1.54) is 0 Å². The number of allylic oxidation sites excluding steroid dienone is 3. The van der Waals surface area contributed by atoms with Gasteiger partial charge in [0.1, 0.15) is 12.4 Å². The molecular weight excluding hydrogens is 220 g/mol. The Hall–Kier alpha value is -0.540. The van der Waals surface area contributed by atoms with Crippen LogP contribution >= 0.6 is 15.9 Å². The highest BCUT2D eigenvalue weighted by Crippen LogP contribution is 2.14. The van der Waals surface area contributed by atoms with E-state index in [9.17, 15) is 0 Å². The van der Waals surface area contributed by atoms with Gasteiger partial charge in [-0.15, -0.1) is 0 Å². The lowest BCUT2D eigenvalue weighted by Gasteiger charge is -2.06. The van der Waals surface area contributed by atoms with Gasteiger partial charge in [0.15, 0.2) is 0 Å². The molecule has 0 N–H and O–H groups in total. The van der Waals surface area contributed by atoms with E-state index in [1.54, 1.807) is 19.3 Å². The van der Waals surface area contributed by atoms with E-state index in [-0.39, 0.29) is 0 Å². The Morgan fingerprint density at radius 2 is 2.00 bits per heavy atom. The molecule has 0 aliphatic rings. The maximum Gasteiger partial charge on any atom is 0.132 e. The van der Waals surface area contributed by atoms with Crippen molar-refractivity contribution < 1.29 is 9.47 Å². The average molecular weight is 233 g/mol. The zero-order valence-electron chi connectivity index (χ0n) is 7.18. The van der Waals surface area contributed by atoms with Crippen molar-refractivity contribution in [2.45, 2.75) is 0 Å². The van der Waals surface area contributed by atoms with Gasteiger partial charge in [-0.1, -0.05) is 19.2 Å². The molecule has 0 fully saturated rings. The van der Waals surface area contributed by atoms with Crippen LogP contribution in [0.1, 0.15) is 0 Å². The Balaban J connectivity index is 3.99. The van der Waals surface area contributed by atoms with E-state index in [0.29, 0.717) is 19.0 Å². The Labute approximate surface area is 81.7 Å². The molecule has 68 valence electrons. The van der Waals surface area contributed by atoms with Crippen molar-refractivity contribution in [2.75, 3.05) is 20.3 Å². The molecule has 0 heterocycles. The second kappa shape index (κ2) is 7.13. The van der Waals surface area contributed by atoms with Gasteiger partial charge in [0.25, 0.3) is 0 Å². The predicted molar refractivity (Wildman–Crippen MR) is 54.2 cm³/mol. The number of halogens is 1. The van der Waals surface area contributed by atoms with Crippen LogP contribution in [-0.2, 0) is 9.47 Å². The molecule has 0 aromatic heterocycles. The van der Waals surface area contributed by atoms with E-state index in [4.69, 9.17) is 9.47 Å². The maximum absolute atomic E-state index is 5.30. The third-order valence-corrected chi connectivity index (χ3v) is 1.86. The van der Waals surface area contributed by atoms with Crippen molar-refractivity contribution in [3.05, 3.63) is 35.6 Å².